The topological polar surface area (TPSA) is 12.0 Å². The minimum atomic E-state index is 0.514. The highest BCUT2D eigenvalue weighted by molar-refractivity contribution is 5.07. The molecule has 0 bridgehead atoms. The predicted octanol–water partition coefficient (Wildman–Crippen LogP) is 2.03. The minimum absolute atomic E-state index is 0.514. The van der Waals surface area contributed by atoms with Crippen LogP contribution in [-0.4, -0.2) is 13.1 Å². The van der Waals surface area contributed by atoms with Crippen LogP contribution in [-0.2, 0) is 0 Å². The lowest BCUT2D eigenvalue weighted by atomic mass is 9.73. The fraction of sp³-hybridized carbons (Fsp3) is 1.00. The van der Waals surface area contributed by atoms with Gasteiger partial charge in [0.05, 0.1) is 0 Å². The van der Waals surface area contributed by atoms with E-state index in [1.165, 1.54) is 25.9 Å². The van der Waals surface area contributed by atoms with E-state index in [-0.39, 0.29) is 0 Å². The Labute approximate surface area is 69.6 Å². The molecule has 11 heavy (non-hydrogen) atoms. The van der Waals surface area contributed by atoms with Crippen molar-refractivity contribution in [3.63, 3.8) is 0 Å². The summed E-state index contributed by atoms with van der Waals surface area (Å²) in [6.45, 7) is 9.68. The summed E-state index contributed by atoms with van der Waals surface area (Å²) in [6.07, 6.45) is 2.95. The Hall–Kier alpha value is -0.0400. The van der Waals surface area contributed by atoms with Gasteiger partial charge < -0.3 is 5.32 Å². The molecule has 0 aromatic carbocycles. The van der Waals surface area contributed by atoms with Crippen LogP contribution in [0.15, 0.2) is 0 Å². The van der Waals surface area contributed by atoms with Crippen molar-refractivity contribution in [2.75, 3.05) is 13.1 Å². The standard InChI is InChI=1S/C10H19N/c1-9(2,3)8-6-11-7-10(8)4-5-10/h8,11H,4-7H2,1-3H3. The molecule has 1 unspecified atom stereocenters. The van der Waals surface area contributed by atoms with E-state index in [2.05, 4.69) is 26.1 Å². The monoisotopic (exact) mass is 153 g/mol. The van der Waals surface area contributed by atoms with Gasteiger partial charge in [-0.1, -0.05) is 20.8 Å². The molecule has 1 saturated heterocycles. The second-order valence-corrected chi connectivity index (χ2v) is 5.41. The molecule has 2 aliphatic rings. The van der Waals surface area contributed by atoms with E-state index >= 15 is 0 Å². The highest BCUT2D eigenvalue weighted by atomic mass is 15.0. The SMILES string of the molecule is CC(C)(C)C1CNCC12CC2. The molecule has 2 fully saturated rings. The van der Waals surface area contributed by atoms with Gasteiger partial charge in [0.15, 0.2) is 0 Å². The summed E-state index contributed by atoms with van der Waals surface area (Å²) in [6, 6.07) is 0. The molecule has 0 amide bonds. The van der Waals surface area contributed by atoms with Crippen LogP contribution >= 0.6 is 0 Å². The molecule has 0 aromatic heterocycles. The fourth-order valence-electron chi connectivity index (χ4n) is 2.72. The Kier molecular flexibility index (Phi) is 1.39. The molecular formula is C10H19N. The first-order valence-electron chi connectivity index (χ1n) is 4.75. The fourth-order valence-corrected chi connectivity index (χ4v) is 2.72. The molecule has 2 rings (SSSR count). The van der Waals surface area contributed by atoms with E-state index in [1.54, 1.807) is 0 Å². The van der Waals surface area contributed by atoms with E-state index < -0.39 is 0 Å². The number of nitrogens with one attached hydrogen (secondary N) is 1. The normalized spacial score (nSPS) is 34.6. The van der Waals surface area contributed by atoms with Gasteiger partial charge >= 0.3 is 0 Å². The van der Waals surface area contributed by atoms with Gasteiger partial charge in [-0.2, -0.15) is 0 Å². The van der Waals surface area contributed by atoms with Crippen LogP contribution in [0, 0.1) is 16.7 Å². The molecule has 1 heterocycles. The second kappa shape index (κ2) is 2.01. The smallest absolute Gasteiger partial charge is 0.00113 e. The highest BCUT2D eigenvalue weighted by Crippen LogP contribution is 2.58. The maximum Gasteiger partial charge on any atom is 0.00113 e. The first-order valence-corrected chi connectivity index (χ1v) is 4.75. The van der Waals surface area contributed by atoms with Gasteiger partial charge in [-0.05, 0) is 36.1 Å². The van der Waals surface area contributed by atoms with Gasteiger partial charge in [-0.25, -0.2) is 0 Å². The summed E-state index contributed by atoms with van der Waals surface area (Å²) in [5.74, 6) is 0.926. The molecule has 1 saturated carbocycles. The average molecular weight is 153 g/mol. The van der Waals surface area contributed by atoms with E-state index in [0.717, 1.165) is 11.3 Å². The van der Waals surface area contributed by atoms with Crippen molar-refractivity contribution in [2.24, 2.45) is 16.7 Å². The lowest BCUT2D eigenvalue weighted by molar-refractivity contribution is 0.189. The molecule has 0 radical (unpaired) electrons. The number of hydrogen-bond acceptors (Lipinski definition) is 1. The molecule has 1 heteroatoms. The zero-order chi connectivity index (χ0) is 8.11. The Morgan fingerprint density at radius 1 is 1.27 bits per heavy atom. The molecule has 1 spiro atoms. The molecule has 1 nitrogen and oxygen atoms in total. The van der Waals surface area contributed by atoms with Gasteiger partial charge in [-0.15, -0.1) is 0 Å². The van der Waals surface area contributed by atoms with Crippen LogP contribution in [0.2, 0.25) is 0 Å². The summed E-state index contributed by atoms with van der Waals surface area (Å²) in [4.78, 5) is 0. The minimum Gasteiger partial charge on any atom is -0.316 e. The van der Waals surface area contributed by atoms with Crippen molar-refractivity contribution in [1.29, 1.82) is 0 Å². The molecule has 1 aliphatic carbocycles. The van der Waals surface area contributed by atoms with Crippen molar-refractivity contribution in [3.8, 4) is 0 Å². The van der Waals surface area contributed by atoms with Crippen LogP contribution in [0.4, 0.5) is 0 Å². The largest absolute Gasteiger partial charge is 0.316 e. The van der Waals surface area contributed by atoms with Crippen LogP contribution < -0.4 is 5.32 Å². The second-order valence-electron chi connectivity index (χ2n) is 5.41. The van der Waals surface area contributed by atoms with Crippen LogP contribution in [0.1, 0.15) is 33.6 Å². The lowest BCUT2D eigenvalue weighted by Crippen LogP contribution is -2.28. The summed E-state index contributed by atoms with van der Waals surface area (Å²) >= 11 is 0. The first-order chi connectivity index (χ1) is 5.05. The summed E-state index contributed by atoms with van der Waals surface area (Å²) in [5.41, 5.74) is 1.25. The van der Waals surface area contributed by atoms with Crippen molar-refractivity contribution >= 4 is 0 Å². The lowest BCUT2D eigenvalue weighted by Gasteiger charge is -2.31. The van der Waals surface area contributed by atoms with Gasteiger partial charge in [0.1, 0.15) is 0 Å². The van der Waals surface area contributed by atoms with Crippen molar-refractivity contribution < 1.29 is 0 Å². The molecule has 1 aliphatic heterocycles. The third kappa shape index (κ3) is 1.10. The highest BCUT2D eigenvalue weighted by Gasteiger charge is 2.55. The zero-order valence-electron chi connectivity index (χ0n) is 7.91. The number of rotatable bonds is 0. The predicted molar refractivity (Wildman–Crippen MR) is 47.5 cm³/mol. The van der Waals surface area contributed by atoms with Gasteiger partial charge in [0, 0.05) is 6.54 Å². The van der Waals surface area contributed by atoms with E-state index in [1.807, 2.05) is 0 Å². The van der Waals surface area contributed by atoms with Crippen LogP contribution in [0.25, 0.3) is 0 Å². The molecule has 64 valence electrons. The Morgan fingerprint density at radius 3 is 2.27 bits per heavy atom. The van der Waals surface area contributed by atoms with Gasteiger partial charge in [-0.3, -0.25) is 0 Å². The Morgan fingerprint density at radius 2 is 1.91 bits per heavy atom. The summed E-state index contributed by atoms with van der Waals surface area (Å²) in [5, 5.41) is 3.53. The Balaban J connectivity index is 2.14. The average Bonchev–Trinajstić information content (AvgIpc) is 2.38. The van der Waals surface area contributed by atoms with E-state index in [0.29, 0.717) is 5.41 Å². The van der Waals surface area contributed by atoms with Gasteiger partial charge in [0.2, 0.25) is 0 Å². The molecule has 0 aromatic rings. The first kappa shape index (κ1) is 7.60. The maximum absolute atomic E-state index is 3.53. The quantitative estimate of drug-likeness (QED) is 0.561. The summed E-state index contributed by atoms with van der Waals surface area (Å²) < 4.78 is 0. The van der Waals surface area contributed by atoms with E-state index in [4.69, 9.17) is 0 Å². The summed E-state index contributed by atoms with van der Waals surface area (Å²) in [7, 11) is 0. The zero-order valence-corrected chi connectivity index (χ0v) is 7.91. The van der Waals surface area contributed by atoms with Crippen molar-refractivity contribution in [2.45, 2.75) is 33.6 Å². The molecule has 1 N–H and O–H groups in total. The number of hydrogen-bond donors (Lipinski definition) is 1. The van der Waals surface area contributed by atoms with E-state index in [9.17, 15) is 0 Å². The Bertz CT molecular complexity index is 162. The van der Waals surface area contributed by atoms with Crippen LogP contribution in [0.3, 0.4) is 0 Å². The van der Waals surface area contributed by atoms with Crippen molar-refractivity contribution in [3.05, 3.63) is 0 Å². The van der Waals surface area contributed by atoms with Crippen LogP contribution in [0.5, 0.6) is 0 Å². The maximum atomic E-state index is 3.53. The molecule has 1 atom stereocenters. The van der Waals surface area contributed by atoms with Crippen molar-refractivity contribution in [1.82, 2.24) is 5.32 Å². The third-order valence-electron chi connectivity index (χ3n) is 3.50. The third-order valence-corrected chi connectivity index (χ3v) is 3.50. The van der Waals surface area contributed by atoms with Gasteiger partial charge in [0.25, 0.3) is 0 Å². The molecular weight excluding hydrogens is 134 g/mol.